The minimum Gasteiger partial charge on any atom is -0.326 e. The summed E-state index contributed by atoms with van der Waals surface area (Å²) in [6.45, 7) is 2.79. The van der Waals surface area contributed by atoms with Crippen LogP contribution in [-0.4, -0.2) is 36.5 Å². The first-order valence-corrected chi connectivity index (χ1v) is 12.7. The summed E-state index contributed by atoms with van der Waals surface area (Å²) in [7, 11) is -3.94. The van der Waals surface area contributed by atoms with E-state index in [9.17, 15) is 18.0 Å². The monoisotopic (exact) mass is 491 g/mol. The minimum atomic E-state index is -3.94. The molecule has 0 aliphatic carbocycles. The van der Waals surface area contributed by atoms with Gasteiger partial charge in [0.25, 0.3) is 0 Å². The maximum Gasteiger partial charge on any atom is 0.244 e. The molecule has 3 N–H and O–H groups in total. The second kappa shape index (κ2) is 10.7. The summed E-state index contributed by atoms with van der Waals surface area (Å²) in [4.78, 5) is 23.5. The number of sulfonamides is 1. The first-order chi connectivity index (χ1) is 15.2. The van der Waals surface area contributed by atoms with Crippen molar-refractivity contribution < 1.29 is 18.0 Å². The second-order valence-corrected chi connectivity index (χ2v) is 10.6. The molecule has 1 atom stereocenters. The van der Waals surface area contributed by atoms with Crippen molar-refractivity contribution >= 4 is 55.8 Å². The lowest BCUT2D eigenvalue weighted by Gasteiger charge is -2.13. The van der Waals surface area contributed by atoms with Gasteiger partial charge in [-0.15, -0.1) is 10.2 Å². The van der Waals surface area contributed by atoms with Gasteiger partial charge in [0.05, 0.1) is 10.9 Å². The summed E-state index contributed by atoms with van der Waals surface area (Å²) >= 11 is 2.71. The van der Waals surface area contributed by atoms with Crippen LogP contribution in [-0.2, 0) is 25.4 Å². The number of aromatic nitrogens is 2. The van der Waals surface area contributed by atoms with Crippen LogP contribution in [0.4, 0.5) is 10.8 Å². The number of anilines is 2. The van der Waals surface area contributed by atoms with Gasteiger partial charge in [0, 0.05) is 18.4 Å². The Morgan fingerprint density at radius 2 is 1.72 bits per heavy atom. The van der Waals surface area contributed by atoms with E-state index < -0.39 is 22.0 Å². The molecule has 1 aromatic heterocycles. The van der Waals surface area contributed by atoms with E-state index >= 15 is 0 Å². The number of hydrogen-bond donors (Lipinski definition) is 3. The molecule has 0 spiro atoms. The molecule has 9 nitrogen and oxygen atoms in total. The summed E-state index contributed by atoms with van der Waals surface area (Å²) in [6, 6.07) is 14.5. The van der Waals surface area contributed by atoms with E-state index in [0.29, 0.717) is 10.0 Å². The van der Waals surface area contributed by atoms with Crippen LogP contribution in [0, 0.1) is 0 Å². The standard InChI is InChI=1S/C20H21N5O4S3/c1-13(25-32(28,29)17-10-8-16(9-11-17)21-14(2)26)18(27)22-19-23-24-20(31-19)30-12-15-6-4-3-5-7-15/h3-11,13,25H,12H2,1-2H3,(H,21,26)(H,22,23,27)/t13-/m0/s1. The SMILES string of the molecule is CC(=O)Nc1ccc(S(=O)(=O)N[C@@H](C)C(=O)Nc2nnc(SCc3ccccc3)s2)cc1. The Balaban J connectivity index is 1.55. The van der Waals surface area contributed by atoms with Crippen LogP contribution in [0.1, 0.15) is 19.4 Å². The van der Waals surface area contributed by atoms with Crippen molar-refractivity contribution in [2.24, 2.45) is 0 Å². The third-order valence-corrected chi connectivity index (χ3v) is 7.65. The number of carbonyl (C=O) groups is 2. The van der Waals surface area contributed by atoms with Crippen LogP contribution in [0.25, 0.3) is 0 Å². The zero-order chi connectivity index (χ0) is 23.1. The fourth-order valence-electron chi connectivity index (χ4n) is 2.53. The van der Waals surface area contributed by atoms with Gasteiger partial charge in [-0.25, -0.2) is 8.42 Å². The highest BCUT2D eigenvalue weighted by atomic mass is 32.2. The molecule has 3 aromatic rings. The molecular weight excluding hydrogens is 470 g/mol. The molecule has 0 aliphatic rings. The number of hydrogen-bond acceptors (Lipinski definition) is 8. The normalized spacial score (nSPS) is 12.2. The predicted octanol–water partition coefficient (Wildman–Crippen LogP) is 3.09. The second-order valence-electron chi connectivity index (χ2n) is 6.69. The van der Waals surface area contributed by atoms with Crippen molar-refractivity contribution in [2.45, 2.75) is 34.9 Å². The Labute approximate surface area is 194 Å². The molecule has 2 aromatic carbocycles. The van der Waals surface area contributed by atoms with Crippen LogP contribution in [0.2, 0.25) is 0 Å². The molecule has 1 heterocycles. The molecular formula is C20H21N5O4S3. The van der Waals surface area contributed by atoms with Crippen LogP contribution in [0.15, 0.2) is 63.8 Å². The van der Waals surface area contributed by atoms with Gasteiger partial charge in [0.1, 0.15) is 0 Å². The summed E-state index contributed by atoms with van der Waals surface area (Å²) in [6.07, 6.45) is 0. The van der Waals surface area contributed by atoms with Crippen LogP contribution >= 0.6 is 23.1 Å². The molecule has 3 rings (SSSR count). The van der Waals surface area contributed by atoms with Crippen molar-refractivity contribution in [2.75, 3.05) is 10.6 Å². The lowest BCUT2D eigenvalue weighted by Crippen LogP contribution is -2.41. The predicted molar refractivity (Wildman–Crippen MR) is 125 cm³/mol. The number of thioether (sulfide) groups is 1. The maximum atomic E-state index is 12.5. The zero-order valence-corrected chi connectivity index (χ0v) is 19.7. The molecule has 0 saturated carbocycles. The molecule has 0 radical (unpaired) electrons. The first-order valence-electron chi connectivity index (χ1n) is 9.44. The third kappa shape index (κ3) is 6.85. The Morgan fingerprint density at radius 3 is 2.38 bits per heavy atom. The minimum absolute atomic E-state index is 0.0261. The average Bonchev–Trinajstić information content (AvgIpc) is 3.20. The number of nitrogens with one attached hydrogen (secondary N) is 3. The molecule has 0 bridgehead atoms. The van der Waals surface area contributed by atoms with E-state index in [2.05, 4.69) is 25.6 Å². The van der Waals surface area contributed by atoms with E-state index in [1.807, 2.05) is 30.3 Å². The highest BCUT2D eigenvalue weighted by molar-refractivity contribution is 8.00. The highest BCUT2D eigenvalue weighted by Crippen LogP contribution is 2.28. The van der Waals surface area contributed by atoms with E-state index in [4.69, 9.17) is 0 Å². The molecule has 2 amide bonds. The van der Waals surface area contributed by atoms with Crippen LogP contribution < -0.4 is 15.4 Å². The Kier molecular flexibility index (Phi) is 7.96. The number of carbonyl (C=O) groups excluding carboxylic acids is 2. The van der Waals surface area contributed by atoms with E-state index in [1.54, 1.807) is 0 Å². The van der Waals surface area contributed by atoms with Gasteiger partial charge in [-0.05, 0) is 36.8 Å². The van der Waals surface area contributed by atoms with Gasteiger partial charge < -0.3 is 5.32 Å². The molecule has 0 unspecified atom stereocenters. The van der Waals surface area contributed by atoms with E-state index in [0.717, 1.165) is 11.3 Å². The Bertz CT molecular complexity index is 1180. The number of rotatable bonds is 9. The van der Waals surface area contributed by atoms with Gasteiger partial charge in [-0.1, -0.05) is 53.4 Å². The summed E-state index contributed by atoms with van der Waals surface area (Å²) in [5, 5.41) is 13.4. The van der Waals surface area contributed by atoms with Crippen LogP contribution in [0.5, 0.6) is 0 Å². The van der Waals surface area contributed by atoms with Gasteiger partial charge in [0.2, 0.25) is 27.0 Å². The molecule has 32 heavy (non-hydrogen) atoms. The topological polar surface area (TPSA) is 130 Å². The van der Waals surface area contributed by atoms with Gasteiger partial charge >= 0.3 is 0 Å². The van der Waals surface area contributed by atoms with Gasteiger partial charge in [-0.2, -0.15) is 4.72 Å². The summed E-state index contributed by atoms with van der Waals surface area (Å²) in [5.41, 5.74) is 1.62. The van der Waals surface area contributed by atoms with Gasteiger partial charge in [-0.3, -0.25) is 14.9 Å². The van der Waals surface area contributed by atoms with E-state index in [-0.39, 0.29) is 15.9 Å². The number of benzene rings is 2. The van der Waals surface area contributed by atoms with Crippen molar-refractivity contribution in [1.82, 2.24) is 14.9 Å². The lowest BCUT2D eigenvalue weighted by molar-refractivity contribution is -0.117. The molecule has 12 heteroatoms. The summed E-state index contributed by atoms with van der Waals surface area (Å²) < 4.78 is 28.1. The van der Waals surface area contributed by atoms with E-state index in [1.165, 1.54) is 61.2 Å². The smallest absolute Gasteiger partial charge is 0.244 e. The zero-order valence-electron chi connectivity index (χ0n) is 17.2. The largest absolute Gasteiger partial charge is 0.326 e. The molecule has 168 valence electrons. The summed E-state index contributed by atoms with van der Waals surface area (Å²) in [5.74, 6) is -0.0955. The fraction of sp³-hybridized carbons (Fsp3) is 0.200. The molecule has 0 aliphatic heterocycles. The van der Waals surface area contributed by atoms with Gasteiger partial charge in [0.15, 0.2) is 4.34 Å². The molecule has 0 saturated heterocycles. The average molecular weight is 492 g/mol. The molecule has 0 fully saturated rings. The quantitative estimate of drug-likeness (QED) is 0.310. The maximum absolute atomic E-state index is 12.5. The lowest BCUT2D eigenvalue weighted by atomic mass is 10.2. The first kappa shape index (κ1) is 23.9. The van der Waals surface area contributed by atoms with Crippen molar-refractivity contribution in [3.8, 4) is 0 Å². The number of amides is 2. The highest BCUT2D eigenvalue weighted by Gasteiger charge is 2.23. The Hall–Kier alpha value is -2.80. The number of nitrogens with zero attached hydrogens (tertiary/aromatic N) is 2. The fourth-order valence-corrected chi connectivity index (χ4v) is 5.44. The van der Waals surface area contributed by atoms with Crippen molar-refractivity contribution in [3.05, 3.63) is 60.2 Å². The van der Waals surface area contributed by atoms with Crippen molar-refractivity contribution in [3.63, 3.8) is 0 Å². The Morgan fingerprint density at radius 1 is 1.03 bits per heavy atom. The van der Waals surface area contributed by atoms with Crippen molar-refractivity contribution in [1.29, 1.82) is 0 Å². The third-order valence-electron chi connectivity index (χ3n) is 4.05. The van der Waals surface area contributed by atoms with Crippen LogP contribution in [0.3, 0.4) is 0 Å².